The highest BCUT2D eigenvalue weighted by atomic mass is 16.2. The maximum Gasteiger partial charge on any atom is 0.233 e. The molecule has 1 saturated heterocycles. The summed E-state index contributed by atoms with van der Waals surface area (Å²) in [6, 6.07) is 0.424. The molecular weight excluding hydrogens is 256 g/mol. The van der Waals surface area contributed by atoms with Crippen molar-refractivity contribution in [1.82, 2.24) is 21.1 Å². The molecule has 2 aliphatic rings. The van der Waals surface area contributed by atoms with Gasteiger partial charge >= 0.3 is 0 Å². The number of hydrogen-bond acceptors (Lipinski definition) is 5. The normalized spacial score (nSPS) is 24.6. The molecule has 3 N–H and O–H groups in total. The van der Waals surface area contributed by atoms with Gasteiger partial charge in [-0.1, -0.05) is 6.92 Å². The third kappa shape index (κ3) is 3.37. The van der Waals surface area contributed by atoms with E-state index in [9.17, 15) is 9.59 Å². The lowest BCUT2D eigenvalue weighted by Gasteiger charge is -2.26. The summed E-state index contributed by atoms with van der Waals surface area (Å²) in [6.45, 7) is 3.83. The molecule has 0 saturated carbocycles. The van der Waals surface area contributed by atoms with Gasteiger partial charge in [0.25, 0.3) is 0 Å². The molecule has 112 valence electrons. The molecule has 20 heavy (non-hydrogen) atoms. The maximum atomic E-state index is 11.9. The SMILES string of the molecule is CCC(CCNC)N1C=C(C2CCC(=O)NC2=O)CN1. The van der Waals surface area contributed by atoms with Crippen LogP contribution in [0.3, 0.4) is 0 Å². The highest BCUT2D eigenvalue weighted by Gasteiger charge is 2.32. The Morgan fingerprint density at radius 3 is 2.95 bits per heavy atom. The zero-order valence-corrected chi connectivity index (χ0v) is 12.2. The highest BCUT2D eigenvalue weighted by molar-refractivity contribution is 5.99. The summed E-state index contributed by atoms with van der Waals surface area (Å²) in [5, 5.41) is 7.71. The Labute approximate surface area is 119 Å². The van der Waals surface area contributed by atoms with E-state index in [1.54, 1.807) is 0 Å². The molecule has 0 aromatic carbocycles. The Bertz CT molecular complexity index is 408. The minimum atomic E-state index is -0.160. The quantitative estimate of drug-likeness (QED) is 0.603. The van der Waals surface area contributed by atoms with Crippen LogP contribution in [-0.2, 0) is 9.59 Å². The first-order valence-electron chi connectivity index (χ1n) is 7.36. The highest BCUT2D eigenvalue weighted by Crippen LogP contribution is 2.25. The summed E-state index contributed by atoms with van der Waals surface area (Å²) in [7, 11) is 1.95. The second kappa shape index (κ2) is 6.85. The predicted octanol–water partition coefficient (Wildman–Crippen LogP) is 0.131. The number of hydrogen-bond donors (Lipinski definition) is 3. The molecule has 2 amide bonds. The molecule has 2 atom stereocenters. The molecule has 0 aromatic heterocycles. The predicted molar refractivity (Wildman–Crippen MR) is 76.4 cm³/mol. The van der Waals surface area contributed by atoms with Crippen molar-refractivity contribution in [2.45, 2.75) is 38.6 Å². The minimum Gasteiger partial charge on any atom is -0.320 e. The van der Waals surface area contributed by atoms with Crippen molar-refractivity contribution in [3.05, 3.63) is 11.8 Å². The number of hydrazine groups is 1. The van der Waals surface area contributed by atoms with Crippen LogP contribution in [0, 0.1) is 5.92 Å². The molecule has 6 heteroatoms. The number of carbonyl (C=O) groups excluding carboxylic acids is 2. The Balaban J connectivity index is 1.98. The Hall–Kier alpha value is -1.40. The van der Waals surface area contributed by atoms with Crippen molar-refractivity contribution in [2.75, 3.05) is 20.1 Å². The molecule has 2 aliphatic heterocycles. The summed E-state index contributed by atoms with van der Waals surface area (Å²) >= 11 is 0. The van der Waals surface area contributed by atoms with Crippen LogP contribution in [0.15, 0.2) is 11.8 Å². The summed E-state index contributed by atoms with van der Waals surface area (Å²) in [5.41, 5.74) is 4.43. The van der Waals surface area contributed by atoms with Gasteiger partial charge in [-0.25, -0.2) is 5.43 Å². The topological polar surface area (TPSA) is 73.5 Å². The summed E-state index contributed by atoms with van der Waals surface area (Å²) < 4.78 is 0. The van der Waals surface area contributed by atoms with Crippen molar-refractivity contribution >= 4 is 11.8 Å². The third-order valence-corrected chi connectivity index (χ3v) is 4.05. The van der Waals surface area contributed by atoms with E-state index in [4.69, 9.17) is 0 Å². The average molecular weight is 280 g/mol. The maximum absolute atomic E-state index is 11.9. The third-order valence-electron chi connectivity index (χ3n) is 4.05. The molecule has 0 aliphatic carbocycles. The van der Waals surface area contributed by atoms with E-state index in [1.165, 1.54) is 0 Å². The fraction of sp³-hybridized carbons (Fsp3) is 0.714. The van der Waals surface area contributed by atoms with Gasteiger partial charge in [-0.3, -0.25) is 14.9 Å². The standard InChI is InChI=1S/C14H24N4O2/c1-3-11(6-7-15-2)18-9-10(8-16-18)12-4-5-13(19)17-14(12)20/h9,11-12,15-16H,3-8H2,1-2H3,(H,17,19,20). The van der Waals surface area contributed by atoms with Crippen LogP contribution in [0.4, 0.5) is 0 Å². The number of carbonyl (C=O) groups is 2. The van der Waals surface area contributed by atoms with E-state index in [1.807, 2.05) is 7.05 Å². The van der Waals surface area contributed by atoms with Gasteiger partial charge in [0.15, 0.2) is 0 Å². The lowest BCUT2D eigenvalue weighted by molar-refractivity contribution is -0.135. The molecule has 2 rings (SSSR count). The van der Waals surface area contributed by atoms with Crippen molar-refractivity contribution in [1.29, 1.82) is 0 Å². The molecule has 6 nitrogen and oxygen atoms in total. The second-order valence-electron chi connectivity index (χ2n) is 5.40. The molecule has 0 radical (unpaired) electrons. The van der Waals surface area contributed by atoms with Crippen LogP contribution in [-0.4, -0.2) is 43.0 Å². The number of amides is 2. The molecule has 0 bridgehead atoms. The van der Waals surface area contributed by atoms with Gasteiger partial charge in [-0.05, 0) is 38.4 Å². The lowest BCUT2D eigenvalue weighted by Crippen LogP contribution is -2.42. The van der Waals surface area contributed by atoms with E-state index in [2.05, 4.69) is 34.2 Å². The van der Waals surface area contributed by atoms with Gasteiger partial charge in [0.2, 0.25) is 11.8 Å². The van der Waals surface area contributed by atoms with Crippen LogP contribution >= 0.6 is 0 Å². The van der Waals surface area contributed by atoms with Gasteiger partial charge < -0.3 is 10.3 Å². The number of nitrogens with one attached hydrogen (secondary N) is 3. The van der Waals surface area contributed by atoms with Gasteiger partial charge in [0, 0.05) is 25.2 Å². The van der Waals surface area contributed by atoms with Crippen molar-refractivity contribution < 1.29 is 9.59 Å². The van der Waals surface area contributed by atoms with Gasteiger partial charge in [-0.2, -0.15) is 0 Å². The smallest absolute Gasteiger partial charge is 0.233 e. The number of imide groups is 1. The van der Waals surface area contributed by atoms with Crippen LogP contribution in [0.25, 0.3) is 0 Å². The zero-order chi connectivity index (χ0) is 14.5. The average Bonchev–Trinajstić information content (AvgIpc) is 2.89. The first kappa shape index (κ1) is 15.0. The van der Waals surface area contributed by atoms with Crippen LogP contribution in [0.1, 0.15) is 32.6 Å². The minimum absolute atomic E-state index is 0.153. The molecule has 2 heterocycles. The monoisotopic (exact) mass is 280 g/mol. The van der Waals surface area contributed by atoms with Gasteiger partial charge in [0.1, 0.15) is 0 Å². The van der Waals surface area contributed by atoms with Crippen LogP contribution in [0.5, 0.6) is 0 Å². The van der Waals surface area contributed by atoms with Crippen LogP contribution < -0.4 is 16.1 Å². The van der Waals surface area contributed by atoms with Crippen molar-refractivity contribution in [3.63, 3.8) is 0 Å². The van der Waals surface area contributed by atoms with Crippen LogP contribution in [0.2, 0.25) is 0 Å². The zero-order valence-electron chi connectivity index (χ0n) is 12.2. The first-order valence-corrected chi connectivity index (χ1v) is 7.36. The lowest BCUT2D eigenvalue weighted by atomic mass is 9.91. The van der Waals surface area contributed by atoms with Gasteiger partial charge in [-0.15, -0.1) is 0 Å². The second-order valence-corrected chi connectivity index (χ2v) is 5.40. The fourth-order valence-electron chi connectivity index (χ4n) is 2.80. The van der Waals surface area contributed by atoms with E-state index < -0.39 is 0 Å². The summed E-state index contributed by atoms with van der Waals surface area (Å²) in [5.74, 6) is -0.471. The summed E-state index contributed by atoms with van der Waals surface area (Å²) in [6.07, 6.45) is 5.22. The Morgan fingerprint density at radius 1 is 1.50 bits per heavy atom. The molecular formula is C14H24N4O2. The Kier molecular flexibility index (Phi) is 5.14. The van der Waals surface area contributed by atoms with Crippen molar-refractivity contribution in [3.8, 4) is 0 Å². The van der Waals surface area contributed by atoms with E-state index in [-0.39, 0.29) is 17.7 Å². The van der Waals surface area contributed by atoms with E-state index in [0.29, 0.717) is 25.4 Å². The first-order chi connectivity index (χ1) is 9.65. The largest absolute Gasteiger partial charge is 0.320 e. The molecule has 2 unspecified atom stereocenters. The molecule has 0 aromatic rings. The fourth-order valence-corrected chi connectivity index (χ4v) is 2.80. The Morgan fingerprint density at radius 2 is 2.30 bits per heavy atom. The number of piperidine rings is 1. The number of rotatable bonds is 6. The van der Waals surface area contributed by atoms with E-state index >= 15 is 0 Å². The molecule has 0 spiro atoms. The molecule has 1 fully saturated rings. The van der Waals surface area contributed by atoms with Crippen molar-refractivity contribution in [2.24, 2.45) is 5.92 Å². The number of nitrogens with zero attached hydrogens (tertiary/aromatic N) is 1. The van der Waals surface area contributed by atoms with E-state index in [0.717, 1.165) is 25.0 Å². The summed E-state index contributed by atoms with van der Waals surface area (Å²) in [4.78, 5) is 23.1. The van der Waals surface area contributed by atoms with Gasteiger partial charge in [0.05, 0.1) is 5.92 Å².